The molecule has 3 rings (SSSR count). The summed E-state index contributed by atoms with van der Waals surface area (Å²) in [6.07, 6.45) is 5.09. The third kappa shape index (κ3) is 3.16. The first-order valence-electron chi connectivity index (χ1n) is 8.28. The fraction of sp³-hybridized carbons (Fsp3) is 1.00. The maximum absolute atomic E-state index is 13.5. The van der Waals surface area contributed by atoms with Crippen LogP contribution in [0.15, 0.2) is 0 Å². The van der Waals surface area contributed by atoms with Gasteiger partial charge in [0.25, 0.3) is 5.92 Å². The quantitative estimate of drug-likeness (QED) is 0.839. The molecule has 0 spiro atoms. The molecule has 0 bridgehead atoms. The van der Waals surface area contributed by atoms with Crippen molar-refractivity contribution in [2.45, 2.75) is 64.0 Å². The number of piperidine rings is 1. The molecular formula is C16H28F2N2. The molecule has 0 radical (unpaired) electrons. The van der Waals surface area contributed by atoms with E-state index in [-0.39, 0.29) is 19.0 Å². The monoisotopic (exact) mass is 286 g/mol. The number of rotatable bonds is 2. The van der Waals surface area contributed by atoms with Crippen molar-refractivity contribution in [3.8, 4) is 0 Å². The lowest BCUT2D eigenvalue weighted by Gasteiger charge is -2.43. The first kappa shape index (κ1) is 14.7. The van der Waals surface area contributed by atoms with Crippen LogP contribution in [0.1, 0.15) is 46.0 Å². The molecule has 0 aromatic rings. The van der Waals surface area contributed by atoms with Gasteiger partial charge in [0.1, 0.15) is 0 Å². The minimum Gasteiger partial charge on any atom is -0.314 e. The molecule has 2 heterocycles. The Bertz CT molecular complexity index is 347. The minimum absolute atomic E-state index is 0.0171. The van der Waals surface area contributed by atoms with Crippen LogP contribution in [0.2, 0.25) is 0 Å². The van der Waals surface area contributed by atoms with Crippen LogP contribution < -0.4 is 5.32 Å². The number of hydrogen-bond acceptors (Lipinski definition) is 2. The Hall–Kier alpha value is -0.220. The lowest BCUT2D eigenvalue weighted by Crippen LogP contribution is -2.46. The number of nitrogens with one attached hydrogen (secondary N) is 1. The number of alkyl halides is 2. The number of likely N-dealkylation sites (tertiary alicyclic amines) is 1. The van der Waals surface area contributed by atoms with Crippen LogP contribution in [0.4, 0.5) is 8.78 Å². The minimum atomic E-state index is -2.46. The van der Waals surface area contributed by atoms with Crippen molar-refractivity contribution < 1.29 is 8.78 Å². The Morgan fingerprint density at radius 3 is 2.65 bits per heavy atom. The zero-order valence-corrected chi connectivity index (χ0v) is 12.7. The second-order valence-corrected chi connectivity index (χ2v) is 7.58. The van der Waals surface area contributed by atoms with E-state index in [1.54, 1.807) is 0 Å². The van der Waals surface area contributed by atoms with Gasteiger partial charge < -0.3 is 5.32 Å². The van der Waals surface area contributed by atoms with Gasteiger partial charge >= 0.3 is 0 Å². The van der Waals surface area contributed by atoms with E-state index in [0.29, 0.717) is 12.0 Å². The van der Waals surface area contributed by atoms with E-state index in [1.807, 2.05) is 11.8 Å². The zero-order chi connectivity index (χ0) is 14.3. The molecule has 20 heavy (non-hydrogen) atoms. The smallest absolute Gasteiger partial charge is 0.262 e. The molecule has 5 atom stereocenters. The van der Waals surface area contributed by atoms with Gasteiger partial charge in [-0.1, -0.05) is 0 Å². The number of nitrogens with zero attached hydrogens (tertiary/aromatic N) is 1. The Morgan fingerprint density at radius 1 is 1.15 bits per heavy atom. The highest BCUT2D eigenvalue weighted by Gasteiger charge is 2.44. The molecule has 2 aliphatic heterocycles. The van der Waals surface area contributed by atoms with Crippen molar-refractivity contribution in [3.05, 3.63) is 0 Å². The summed E-state index contributed by atoms with van der Waals surface area (Å²) in [5, 5.41) is 3.58. The standard InChI is InChI=1S/C16H28F2N2/c1-11-5-15-6-13(3-4-14(15)8-19-11)9-20-10-16(17,18)7-12(20)2/h11-15,19H,3-10H2,1-2H3/t11-,12-,13+,14+,15+/m1/s1. The predicted octanol–water partition coefficient (Wildman–Crippen LogP) is 3.13. The highest BCUT2D eigenvalue weighted by atomic mass is 19.3. The molecule has 0 aromatic carbocycles. The molecule has 3 fully saturated rings. The number of halogens is 2. The van der Waals surface area contributed by atoms with Crippen LogP contribution in [0.5, 0.6) is 0 Å². The fourth-order valence-corrected chi connectivity index (χ4v) is 4.69. The lowest BCUT2D eigenvalue weighted by molar-refractivity contribution is 0.00865. The summed E-state index contributed by atoms with van der Waals surface area (Å²) in [6.45, 7) is 6.26. The summed E-state index contributed by atoms with van der Waals surface area (Å²) in [7, 11) is 0. The van der Waals surface area contributed by atoms with Crippen LogP contribution in [0, 0.1) is 17.8 Å². The third-order valence-corrected chi connectivity index (χ3v) is 5.78. The molecule has 3 aliphatic rings. The summed E-state index contributed by atoms with van der Waals surface area (Å²) < 4.78 is 26.9. The molecule has 0 aromatic heterocycles. The summed E-state index contributed by atoms with van der Waals surface area (Å²) >= 11 is 0. The third-order valence-electron chi connectivity index (χ3n) is 5.78. The summed E-state index contributed by atoms with van der Waals surface area (Å²) in [6, 6.07) is 0.680. The Morgan fingerprint density at radius 2 is 1.95 bits per heavy atom. The van der Waals surface area contributed by atoms with Crippen LogP contribution in [-0.2, 0) is 0 Å². The van der Waals surface area contributed by atoms with E-state index in [2.05, 4.69) is 12.2 Å². The summed E-state index contributed by atoms with van der Waals surface area (Å²) in [5.41, 5.74) is 0. The van der Waals surface area contributed by atoms with E-state index >= 15 is 0 Å². The van der Waals surface area contributed by atoms with Gasteiger partial charge in [-0.15, -0.1) is 0 Å². The lowest BCUT2D eigenvalue weighted by atomic mass is 9.70. The van der Waals surface area contributed by atoms with Gasteiger partial charge in [0.2, 0.25) is 0 Å². The molecular weight excluding hydrogens is 258 g/mol. The van der Waals surface area contributed by atoms with E-state index in [1.165, 1.54) is 25.7 Å². The Balaban J connectivity index is 1.54. The largest absolute Gasteiger partial charge is 0.314 e. The summed E-state index contributed by atoms with van der Waals surface area (Å²) in [4.78, 5) is 2.04. The maximum atomic E-state index is 13.5. The number of fused-ring (bicyclic) bond motifs is 1. The molecule has 2 nitrogen and oxygen atoms in total. The van der Waals surface area contributed by atoms with Crippen molar-refractivity contribution >= 4 is 0 Å². The topological polar surface area (TPSA) is 15.3 Å². The average molecular weight is 286 g/mol. The molecule has 2 saturated heterocycles. The normalized spacial score (nSPS) is 45.3. The van der Waals surface area contributed by atoms with Crippen molar-refractivity contribution in [1.82, 2.24) is 10.2 Å². The van der Waals surface area contributed by atoms with Crippen molar-refractivity contribution in [2.75, 3.05) is 19.6 Å². The average Bonchev–Trinajstić information content (AvgIpc) is 2.61. The molecule has 1 aliphatic carbocycles. The van der Waals surface area contributed by atoms with Crippen LogP contribution >= 0.6 is 0 Å². The van der Waals surface area contributed by atoms with Gasteiger partial charge in [-0.3, -0.25) is 4.90 Å². The van der Waals surface area contributed by atoms with Gasteiger partial charge in [0, 0.05) is 25.0 Å². The molecule has 1 N–H and O–H groups in total. The SMILES string of the molecule is C[C@@H]1C[C@H]2C[C@@H](CN3CC(F)(F)C[C@H]3C)CC[C@H]2CN1. The molecule has 0 unspecified atom stereocenters. The van der Waals surface area contributed by atoms with Gasteiger partial charge in [-0.25, -0.2) is 8.78 Å². The first-order valence-corrected chi connectivity index (χ1v) is 8.28. The van der Waals surface area contributed by atoms with E-state index < -0.39 is 5.92 Å². The van der Waals surface area contributed by atoms with Crippen LogP contribution in [0.3, 0.4) is 0 Å². The van der Waals surface area contributed by atoms with Crippen molar-refractivity contribution in [2.24, 2.45) is 17.8 Å². The molecule has 1 saturated carbocycles. The van der Waals surface area contributed by atoms with Crippen LogP contribution in [-0.4, -0.2) is 42.5 Å². The molecule has 0 amide bonds. The maximum Gasteiger partial charge on any atom is 0.262 e. The van der Waals surface area contributed by atoms with Gasteiger partial charge in [0.15, 0.2) is 0 Å². The highest BCUT2D eigenvalue weighted by Crippen LogP contribution is 2.40. The highest BCUT2D eigenvalue weighted by molar-refractivity contribution is 4.92. The Labute approximate surface area is 121 Å². The zero-order valence-electron chi connectivity index (χ0n) is 12.7. The Kier molecular flexibility index (Phi) is 4.06. The van der Waals surface area contributed by atoms with Gasteiger partial charge in [-0.2, -0.15) is 0 Å². The van der Waals surface area contributed by atoms with E-state index in [0.717, 1.165) is 24.9 Å². The van der Waals surface area contributed by atoms with Gasteiger partial charge in [-0.05, 0) is 63.8 Å². The van der Waals surface area contributed by atoms with Gasteiger partial charge in [0.05, 0.1) is 6.54 Å². The fourth-order valence-electron chi connectivity index (χ4n) is 4.69. The van der Waals surface area contributed by atoms with E-state index in [4.69, 9.17) is 0 Å². The molecule has 116 valence electrons. The predicted molar refractivity (Wildman–Crippen MR) is 77.0 cm³/mol. The second-order valence-electron chi connectivity index (χ2n) is 7.58. The number of hydrogen-bond donors (Lipinski definition) is 1. The molecule has 4 heteroatoms. The van der Waals surface area contributed by atoms with Crippen LogP contribution in [0.25, 0.3) is 0 Å². The summed E-state index contributed by atoms with van der Waals surface area (Å²) in [5.74, 6) is -0.166. The second kappa shape index (κ2) is 5.53. The van der Waals surface area contributed by atoms with Crippen molar-refractivity contribution in [3.63, 3.8) is 0 Å². The van der Waals surface area contributed by atoms with E-state index in [9.17, 15) is 8.78 Å². The van der Waals surface area contributed by atoms with Crippen molar-refractivity contribution in [1.29, 1.82) is 0 Å². The first-order chi connectivity index (χ1) is 9.43.